The van der Waals surface area contributed by atoms with Crippen LogP contribution in [0.3, 0.4) is 0 Å². The third kappa shape index (κ3) is 4.05. The zero-order valence-electron chi connectivity index (χ0n) is 10.9. The summed E-state index contributed by atoms with van der Waals surface area (Å²) in [5.41, 5.74) is 1.20. The molecule has 1 N–H and O–H groups in total. The Balaban J connectivity index is 1.88. The number of nitrogens with zero attached hydrogens (tertiary/aromatic N) is 2. The van der Waals surface area contributed by atoms with E-state index in [1.54, 1.807) is 24.3 Å². The molecule has 1 amide bonds. The van der Waals surface area contributed by atoms with E-state index in [1.807, 2.05) is 13.0 Å². The molecule has 1 fully saturated rings. The van der Waals surface area contributed by atoms with E-state index in [-0.39, 0.29) is 12.0 Å². The number of nitrogens with one attached hydrogen (secondary N) is 1. The van der Waals surface area contributed by atoms with Crippen molar-refractivity contribution in [3.63, 3.8) is 0 Å². The molecule has 1 heterocycles. The quantitative estimate of drug-likeness (QED) is 0.886. The number of ether oxygens (including phenoxy) is 1. The Kier molecular flexibility index (Phi) is 4.50. The molecule has 0 spiro atoms. The summed E-state index contributed by atoms with van der Waals surface area (Å²) in [7, 11) is 0. The first kappa shape index (κ1) is 13.5. The summed E-state index contributed by atoms with van der Waals surface area (Å²) in [6.07, 6.45) is 0.170. The van der Waals surface area contributed by atoms with Crippen LogP contribution in [0.1, 0.15) is 12.5 Å². The van der Waals surface area contributed by atoms with E-state index in [0.717, 1.165) is 13.1 Å². The van der Waals surface area contributed by atoms with Gasteiger partial charge in [-0.1, -0.05) is 6.07 Å². The van der Waals surface area contributed by atoms with E-state index < -0.39 is 0 Å². The number of hydrogen-bond acceptors (Lipinski definition) is 4. The number of nitriles is 1. The predicted molar refractivity (Wildman–Crippen MR) is 71.6 cm³/mol. The van der Waals surface area contributed by atoms with Gasteiger partial charge < -0.3 is 10.1 Å². The maximum Gasteiger partial charge on any atom is 0.238 e. The Bertz CT molecular complexity index is 496. The summed E-state index contributed by atoms with van der Waals surface area (Å²) >= 11 is 0. The standard InChI is InChI=1S/C14H17N3O2/c1-11-9-17(5-6-19-11)10-14(18)16-13-4-2-3-12(7-13)8-15/h2-4,7,11H,5-6,9-10H2,1H3,(H,16,18). The van der Waals surface area contributed by atoms with Gasteiger partial charge in [0.1, 0.15) is 0 Å². The van der Waals surface area contributed by atoms with Gasteiger partial charge in [-0.15, -0.1) is 0 Å². The number of carbonyl (C=O) groups is 1. The van der Waals surface area contributed by atoms with Crippen molar-refractivity contribution in [3.8, 4) is 6.07 Å². The van der Waals surface area contributed by atoms with Crippen molar-refractivity contribution in [3.05, 3.63) is 29.8 Å². The van der Waals surface area contributed by atoms with Gasteiger partial charge in [0, 0.05) is 18.8 Å². The van der Waals surface area contributed by atoms with Crippen molar-refractivity contribution in [1.29, 1.82) is 5.26 Å². The van der Waals surface area contributed by atoms with Gasteiger partial charge in [-0.3, -0.25) is 9.69 Å². The summed E-state index contributed by atoms with van der Waals surface area (Å²) in [5.74, 6) is -0.0656. The predicted octanol–water partition coefficient (Wildman–Crippen LogP) is 1.22. The van der Waals surface area contributed by atoms with Gasteiger partial charge in [-0.2, -0.15) is 5.26 Å². The maximum atomic E-state index is 11.9. The van der Waals surface area contributed by atoms with E-state index in [9.17, 15) is 4.79 Å². The van der Waals surface area contributed by atoms with Gasteiger partial charge >= 0.3 is 0 Å². The monoisotopic (exact) mass is 259 g/mol. The molecule has 1 atom stereocenters. The van der Waals surface area contributed by atoms with Crippen molar-refractivity contribution < 1.29 is 9.53 Å². The third-order valence-corrected chi connectivity index (χ3v) is 2.97. The highest BCUT2D eigenvalue weighted by Gasteiger charge is 2.18. The molecule has 0 saturated carbocycles. The van der Waals surface area contributed by atoms with E-state index in [1.165, 1.54) is 0 Å². The van der Waals surface area contributed by atoms with Crippen molar-refractivity contribution in [1.82, 2.24) is 4.90 Å². The molecule has 5 heteroatoms. The molecule has 0 aliphatic carbocycles. The smallest absolute Gasteiger partial charge is 0.238 e. The van der Waals surface area contributed by atoms with Crippen molar-refractivity contribution in [2.75, 3.05) is 31.6 Å². The lowest BCUT2D eigenvalue weighted by molar-refractivity contribution is -0.119. The zero-order chi connectivity index (χ0) is 13.7. The molecule has 2 rings (SSSR count). The summed E-state index contributed by atoms with van der Waals surface area (Å²) in [6.45, 7) is 4.56. The molecule has 0 bridgehead atoms. The minimum absolute atomic E-state index is 0.0656. The normalized spacial score (nSPS) is 19.7. The fraction of sp³-hybridized carbons (Fsp3) is 0.429. The molecule has 1 aromatic rings. The van der Waals surface area contributed by atoms with E-state index in [2.05, 4.69) is 10.2 Å². The molecule has 5 nitrogen and oxygen atoms in total. The zero-order valence-corrected chi connectivity index (χ0v) is 10.9. The molecule has 1 aliphatic heterocycles. The minimum atomic E-state index is -0.0656. The Morgan fingerprint density at radius 1 is 1.63 bits per heavy atom. The van der Waals surface area contributed by atoms with Crippen molar-refractivity contribution >= 4 is 11.6 Å². The molecular formula is C14H17N3O2. The molecular weight excluding hydrogens is 242 g/mol. The number of amides is 1. The van der Waals surface area contributed by atoms with Gasteiger partial charge in [0.15, 0.2) is 0 Å². The number of anilines is 1. The Hall–Kier alpha value is -1.90. The Labute approximate surface area is 112 Å². The van der Waals surface area contributed by atoms with Crippen LogP contribution >= 0.6 is 0 Å². The molecule has 1 saturated heterocycles. The molecule has 19 heavy (non-hydrogen) atoms. The maximum absolute atomic E-state index is 11.9. The second-order valence-electron chi connectivity index (χ2n) is 4.66. The first-order valence-corrected chi connectivity index (χ1v) is 6.31. The topological polar surface area (TPSA) is 65.4 Å². The fourth-order valence-corrected chi connectivity index (χ4v) is 2.10. The lowest BCUT2D eigenvalue weighted by Gasteiger charge is -2.30. The lowest BCUT2D eigenvalue weighted by atomic mass is 10.2. The Morgan fingerprint density at radius 2 is 2.47 bits per heavy atom. The number of morpholine rings is 1. The van der Waals surface area contributed by atoms with Gasteiger partial charge in [-0.25, -0.2) is 0 Å². The molecule has 1 aliphatic rings. The molecule has 0 aromatic heterocycles. The van der Waals surface area contributed by atoms with Crippen LogP contribution in [-0.4, -0.2) is 43.2 Å². The van der Waals surface area contributed by atoms with Crippen LogP contribution in [-0.2, 0) is 9.53 Å². The molecule has 1 unspecified atom stereocenters. The molecule has 1 aromatic carbocycles. The highest BCUT2D eigenvalue weighted by molar-refractivity contribution is 5.92. The largest absolute Gasteiger partial charge is 0.376 e. The van der Waals surface area contributed by atoms with E-state index >= 15 is 0 Å². The van der Waals surface area contributed by atoms with Crippen LogP contribution in [0.2, 0.25) is 0 Å². The SMILES string of the molecule is CC1CN(CC(=O)Nc2cccc(C#N)c2)CCO1. The fourth-order valence-electron chi connectivity index (χ4n) is 2.10. The van der Waals surface area contributed by atoms with Crippen LogP contribution in [0, 0.1) is 11.3 Å². The summed E-state index contributed by atoms with van der Waals surface area (Å²) in [5, 5.41) is 11.6. The van der Waals surface area contributed by atoms with Crippen molar-refractivity contribution in [2.45, 2.75) is 13.0 Å². The summed E-state index contributed by atoms with van der Waals surface area (Å²) in [6, 6.07) is 8.96. The van der Waals surface area contributed by atoms with Crippen molar-refractivity contribution in [2.24, 2.45) is 0 Å². The lowest BCUT2D eigenvalue weighted by Crippen LogP contribution is -2.44. The summed E-state index contributed by atoms with van der Waals surface area (Å²) in [4.78, 5) is 14.0. The second-order valence-corrected chi connectivity index (χ2v) is 4.66. The minimum Gasteiger partial charge on any atom is -0.376 e. The van der Waals surface area contributed by atoms with Crippen LogP contribution in [0.15, 0.2) is 24.3 Å². The van der Waals surface area contributed by atoms with Crippen LogP contribution in [0.5, 0.6) is 0 Å². The van der Waals surface area contributed by atoms with E-state index in [0.29, 0.717) is 24.4 Å². The van der Waals surface area contributed by atoms with Gasteiger partial charge in [0.05, 0.1) is 30.9 Å². The van der Waals surface area contributed by atoms with Crippen LogP contribution in [0.25, 0.3) is 0 Å². The first-order valence-electron chi connectivity index (χ1n) is 6.31. The second kappa shape index (κ2) is 6.32. The number of hydrogen-bond donors (Lipinski definition) is 1. The first-order chi connectivity index (χ1) is 9.17. The third-order valence-electron chi connectivity index (χ3n) is 2.97. The summed E-state index contributed by atoms with van der Waals surface area (Å²) < 4.78 is 5.43. The number of benzene rings is 1. The average molecular weight is 259 g/mol. The molecule has 100 valence electrons. The average Bonchev–Trinajstić information content (AvgIpc) is 2.38. The van der Waals surface area contributed by atoms with Crippen LogP contribution < -0.4 is 5.32 Å². The van der Waals surface area contributed by atoms with Crippen LogP contribution in [0.4, 0.5) is 5.69 Å². The Morgan fingerprint density at radius 3 is 3.21 bits per heavy atom. The van der Waals surface area contributed by atoms with Gasteiger partial charge in [-0.05, 0) is 25.1 Å². The van der Waals surface area contributed by atoms with Gasteiger partial charge in [0.25, 0.3) is 0 Å². The number of carbonyl (C=O) groups excluding carboxylic acids is 1. The highest BCUT2D eigenvalue weighted by atomic mass is 16.5. The van der Waals surface area contributed by atoms with E-state index in [4.69, 9.17) is 10.00 Å². The highest BCUT2D eigenvalue weighted by Crippen LogP contribution is 2.10. The number of rotatable bonds is 3. The van der Waals surface area contributed by atoms with Gasteiger partial charge in [0.2, 0.25) is 5.91 Å². The molecule has 0 radical (unpaired) electrons.